The number of hydrogen-bond acceptors (Lipinski definition) is 7. The van der Waals surface area contributed by atoms with Crippen molar-refractivity contribution in [2.24, 2.45) is 9.98 Å². The van der Waals surface area contributed by atoms with Crippen molar-refractivity contribution in [2.75, 3.05) is 11.1 Å². The molecule has 1 aliphatic carbocycles. The van der Waals surface area contributed by atoms with Gasteiger partial charge in [0.2, 0.25) is 5.91 Å². The summed E-state index contributed by atoms with van der Waals surface area (Å²) in [4.78, 5) is 38.2. The van der Waals surface area contributed by atoms with Crippen molar-refractivity contribution >= 4 is 39.4 Å². The number of carbonyl (C=O) groups excluding carboxylic acids is 2. The normalized spacial score (nSPS) is 21.3. The Balaban J connectivity index is 1.30. The van der Waals surface area contributed by atoms with Crippen LogP contribution in [0.1, 0.15) is 68.2 Å². The maximum Gasteiger partial charge on any atom is 0.251 e. The second kappa shape index (κ2) is 12.9. The summed E-state index contributed by atoms with van der Waals surface area (Å²) in [5.74, 6) is -0.143. The minimum Gasteiger partial charge on any atom is -0.341 e. The van der Waals surface area contributed by atoms with Crippen molar-refractivity contribution in [1.29, 1.82) is 0 Å². The zero-order valence-electron chi connectivity index (χ0n) is 27.6. The van der Waals surface area contributed by atoms with Crippen molar-refractivity contribution in [1.82, 2.24) is 10.2 Å². The molecule has 4 atom stereocenters. The number of nitrogens with zero attached hydrogens (tertiary/aromatic N) is 3. The Kier molecular flexibility index (Phi) is 8.89. The number of anilines is 1. The van der Waals surface area contributed by atoms with Gasteiger partial charge in [0.15, 0.2) is 15.7 Å². The number of aliphatic imine (C=N–C) groups is 2. The molecule has 9 nitrogen and oxygen atoms in total. The Morgan fingerprint density at radius 1 is 0.938 bits per heavy atom. The van der Waals surface area contributed by atoms with E-state index in [4.69, 9.17) is 9.98 Å². The molecule has 3 aromatic carbocycles. The van der Waals surface area contributed by atoms with Crippen molar-refractivity contribution in [3.63, 3.8) is 0 Å². The molecule has 3 unspecified atom stereocenters. The molecule has 0 saturated carbocycles. The summed E-state index contributed by atoms with van der Waals surface area (Å²) >= 11 is 0. The average Bonchev–Trinajstić information content (AvgIpc) is 3.41. The Labute approximate surface area is 281 Å². The summed E-state index contributed by atoms with van der Waals surface area (Å²) in [7, 11) is -3.41. The molecule has 0 radical (unpaired) electrons. The third kappa shape index (κ3) is 5.97. The predicted molar refractivity (Wildman–Crippen MR) is 190 cm³/mol. The molecule has 10 heteroatoms. The molecule has 6 rings (SSSR count). The van der Waals surface area contributed by atoms with Gasteiger partial charge in [0.1, 0.15) is 17.7 Å². The maximum atomic E-state index is 13.5. The minimum atomic E-state index is -3.41. The summed E-state index contributed by atoms with van der Waals surface area (Å²) < 4.78 is 24.6. The molecule has 48 heavy (non-hydrogen) atoms. The summed E-state index contributed by atoms with van der Waals surface area (Å²) in [6, 6.07) is 21.1. The second-order valence-corrected chi connectivity index (χ2v) is 14.7. The van der Waals surface area contributed by atoms with Crippen LogP contribution in [-0.2, 0) is 19.4 Å². The van der Waals surface area contributed by atoms with E-state index < -0.39 is 33.2 Å². The van der Waals surface area contributed by atoms with Gasteiger partial charge in [-0.05, 0) is 72.9 Å². The van der Waals surface area contributed by atoms with Crippen LogP contribution in [0.2, 0.25) is 0 Å². The number of benzene rings is 3. The van der Waals surface area contributed by atoms with E-state index in [1.165, 1.54) is 30.2 Å². The Morgan fingerprint density at radius 3 is 2.25 bits per heavy atom. The summed E-state index contributed by atoms with van der Waals surface area (Å²) in [6.07, 6.45) is 9.97. The van der Waals surface area contributed by atoms with Crippen molar-refractivity contribution in [3.05, 3.63) is 131 Å². The predicted octanol–water partition coefficient (Wildman–Crippen LogP) is 6.34. The molecule has 3 aromatic rings. The molecule has 2 N–H and O–H groups in total. The number of carbonyl (C=O) groups is 2. The van der Waals surface area contributed by atoms with Crippen molar-refractivity contribution in [2.45, 2.75) is 63.3 Å². The summed E-state index contributed by atoms with van der Waals surface area (Å²) in [6.45, 7) is 9.26. The molecule has 0 fully saturated rings. The number of nitrogens with one attached hydrogen (secondary N) is 2. The quantitative estimate of drug-likeness (QED) is 0.277. The van der Waals surface area contributed by atoms with Gasteiger partial charge in [0, 0.05) is 24.9 Å². The Bertz CT molecular complexity index is 2010. The maximum absolute atomic E-state index is 13.5. The zero-order chi connectivity index (χ0) is 34.2. The van der Waals surface area contributed by atoms with E-state index in [2.05, 4.69) is 84.9 Å². The number of amidine groups is 1. The fourth-order valence-electron chi connectivity index (χ4n) is 6.61. The van der Waals surface area contributed by atoms with E-state index in [9.17, 15) is 18.0 Å². The van der Waals surface area contributed by atoms with Crippen LogP contribution in [0.25, 0.3) is 0 Å². The molecule has 246 valence electrons. The molecule has 2 aliphatic heterocycles. The number of hydrogen-bond donors (Lipinski definition) is 2. The number of amides is 2. The highest BCUT2D eigenvalue weighted by Crippen LogP contribution is 2.51. The van der Waals surface area contributed by atoms with Gasteiger partial charge in [-0.2, -0.15) is 0 Å². The van der Waals surface area contributed by atoms with Crippen LogP contribution < -0.4 is 10.6 Å². The van der Waals surface area contributed by atoms with Gasteiger partial charge in [-0.1, -0.05) is 85.3 Å². The Hall–Kier alpha value is -4.93. The fourth-order valence-corrected chi connectivity index (χ4v) is 7.49. The van der Waals surface area contributed by atoms with Crippen LogP contribution in [-0.4, -0.2) is 48.5 Å². The molecular formula is C38H39N5O4S. The first-order chi connectivity index (χ1) is 22.9. The minimum absolute atomic E-state index is 0.0272. The van der Waals surface area contributed by atoms with Crippen LogP contribution in [0.15, 0.2) is 123 Å². The van der Waals surface area contributed by atoms with Gasteiger partial charge >= 0.3 is 0 Å². The van der Waals surface area contributed by atoms with Crippen molar-refractivity contribution in [3.8, 4) is 0 Å². The van der Waals surface area contributed by atoms with E-state index in [1.54, 1.807) is 19.1 Å². The summed E-state index contributed by atoms with van der Waals surface area (Å²) in [5, 5.41) is 5.60. The van der Waals surface area contributed by atoms with E-state index in [0.29, 0.717) is 11.3 Å². The molecule has 2 amide bonds. The summed E-state index contributed by atoms with van der Waals surface area (Å²) in [5.41, 5.74) is 5.90. The topological polar surface area (TPSA) is 120 Å². The average molecular weight is 662 g/mol. The molecule has 0 bridgehead atoms. The molecule has 2 heterocycles. The third-order valence-corrected chi connectivity index (χ3v) is 10.9. The molecule has 1 spiro atoms. The SMILES string of the molecule is CCS(=O)(=O)c1ccc(C(NC(C)=O)C(=O)Nc2ccc(C3N=C4N=CC(C)=C5C=CC=CC45N3[C@H](C)c3ccc(C)cc3)cc2)cc1. The Morgan fingerprint density at radius 2 is 1.60 bits per heavy atom. The lowest BCUT2D eigenvalue weighted by molar-refractivity contribution is -0.125. The first-order valence-corrected chi connectivity index (χ1v) is 17.6. The molecule has 3 aliphatic rings. The highest BCUT2D eigenvalue weighted by Gasteiger charge is 2.54. The van der Waals surface area contributed by atoms with E-state index >= 15 is 0 Å². The van der Waals surface area contributed by atoms with E-state index in [0.717, 1.165) is 22.5 Å². The number of sulfone groups is 1. The van der Waals surface area contributed by atoms with Gasteiger partial charge in [-0.25, -0.2) is 18.4 Å². The highest BCUT2D eigenvalue weighted by atomic mass is 32.2. The van der Waals surface area contributed by atoms with Gasteiger partial charge < -0.3 is 10.6 Å². The zero-order valence-corrected chi connectivity index (χ0v) is 28.5. The molecular weight excluding hydrogens is 623 g/mol. The standard InChI is InChI=1S/C38H39N5O4S/c1-6-48(46,47)32-20-16-29(17-21-32)34(40-27(5)44)36(45)41-31-18-14-30(15-19-31)35-42-37-38(22-8-7-9-33(38)25(3)23-39-37)43(35)26(4)28-12-10-24(2)11-13-28/h7-23,26,34-35H,6H2,1-5H3,(H,40,44)(H,41,45)/t26-,34?,35?,38?/m1/s1. The number of rotatable bonds is 9. The van der Waals surface area contributed by atoms with Crippen LogP contribution in [0, 0.1) is 6.92 Å². The number of allylic oxidation sites excluding steroid dienone is 3. The van der Waals surface area contributed by atoms with Crippen molar-refractivity contribution < 1.29 is 18.0 Å². The highest BCUT2D eigenvalue weighted by molar-refractivity contribution is 7.91. The number of aryl methyl sites for hydroxylation is 1. The van der Waals surface area contributed by atoms with E-state index in [-0.39, 0.29) is 22.9 Å². The van der Waals surface area contributed by atoms with Gasteiger partial charge in [-0.3, -0.25) is 14.5 Å². The lowest BCUT2D eigenvalue weighted by Crippen LogP contribution is -2.53. The fraction of sp³-hybridized carbons (Fsp3) is 0.263. The van der Waals surface area contributed by atoms with E-state index in [1.807, 2.05) is 30.5 Å². The van der Waals surface area contributed by atoms with Crippen LogP contribution in [0.3, 0.4) is 0 Å². The molecule has 0 saturated heterocycles. The van der Waals surface area contributed by atoms with Gasteiger partial charge in [0.05, 0.1) is 10.6 Å². The van der Waals surface area contributed by atoms with Crippen LogP contribution in [0.5, 0.6) is 0 Å². The van der Waals surface area contributed by atoms with Crippen LogP contribution in [0.4, 0.5) is 5.69 Å². The first kappa shape index (κ1) is 33.0. The molecule has 0 aromatic heterocycles. The second-order valence-electron chi connectivity index (χ2n) is 12.4. The monoisotopic (exact) mass is 661 g/mol. The smallest absolute Gasteiger partial charge is 0.251 e. The first-order valence-electron chi connectivity index (χ1n) is 16.0. The van der Waals surface area contributed by atoms with Gasteiger partial charge in [-0.15, -0.1) is 0 Å². The lowest BCUT2D eigenvalue weighted by atomic mass is 9.78. The lowest BCUT2D eigenvalue weighted by Gasteiger charge is -2.45. The third-order valence-electron chi connectivity index (χ3n) is 9.20. The van der Waals surface area contributed by atoms with Crippen LogP contribution >= 0.6 is 0 Å². The number of dihydropyridines is 1. The largest absolute Gasteiger partial charge is 0.341 e. The van der Waals surface area contributed by atoms with Gasteiger partial charge in [0.25, 0.3) is 5.91 Å².